The molecule has 2 nitrogen and oxygen atoms in total. The number of benzene rings is 1. The SMILES string of the molecule is CCCNc1nc(-c2cccc(F)c2C)c(Cl)cc1Cl. The first-order chi connectivity index (χ1) is 9.54. The summed E-state index contributed by atoms with van der Waals surface area (Å²) in [6, 6.07) is 6.49. The summed E-state index contributed by atoms with van der Waals surface area (Å²) < 4.78 is 13.7. The lowest BCUT2D eigenvalue weighted by Gasteiger charge is -2.12. The van der Waals surface area contributed by atoms with Crippen molar-refractivity contribution in [3.8, 4) is 11.3 Å². The molecule has 0 saturated carbocycles. The molecule has 0 aliphatic carbocycles. The van der Waals surface area contributed by atoms with Crippen molar-refractivity contribution in [1.82, 2.24) is 4.98 Å². The van der Waals surface area contributed by atoms with Crippen LogP contribution in [0.15, 0.2) is 24.3 Å². The second-order valence-corrected chi connectivity index (χ2v) is 5.30. The summed E-state index contributed by atoms with van der Waals surface area (Å²) in [4.78, 5) is 4.44. The number of anilines is 1. The molecule has 0 aliphatic rings. The van der Waals surface area contributed by atoms with E-state index in [1.54, 1.807) is 25.1 Å². The molecule has 1 aromatic heterocycles. The van der Waals surface area contributed by atoms with Crippen LogP contribution in [0.1, 0.15) is 18.9 Å². The van der Waals surface area contributed by atoms with Gasteiger partial charge in [0.15, 0.2) is 0 Å². The molecule has 2 aromatic rings. The maximum atomic E-state index is 13.7. The van der Waals surface area contributed by atoms with E-state index in [0.717, 1.165) is 13.0 Å². The third-order valence-electron chi connectivity index (χ3n) is 2.99. The minimum absolute atomic E-state index is 0.279. The summed E-state index contributed by atoms with van der Waals surface area (Å²) in [6.07, 6.45) is 0.953. The Kier molecular flexibility index (Phi) is 4.84. The molecule has 0 bridgehead atoms. The molecular formula is C15H15Cl2FN2. The number of pyridine rings is 1. The molecule has 1 heterocycles. The van der Waals surface area contributed by atoms with E-state index >= 15 is 0 Å². The average molecular weight is 313 g/mol. The van der Waals surface area contributed by atoms with Crippen molar-refractivity contribution in [3.63, 3.8) is 0 Å². The van der Waals surface area contributed by atoms with Crippen LogP contribution in [0.5, 0.6) is 0 Å². The highest BCUT2D eigenvalue weighted by Crippen LogP contribution is 2.34. The molecule has 106 valence electrons. The summed E-state index contributed by atoms with van der Waals surface area (Å²) in [5.41, 5.74) is 1.73. The molecule has 0 spiro atoms. The topological polar surface area (TPSA) is 24.9 Å². The fraction of sp³-hybridized carbons (Fsp3) is 0.267. The number of hydrogen-bond donors (Lipinski definition) is 1. The van der Waals surface area contributed by atoms with Crippen LogP contribution in [0.25, 0.3) is 11.3 Å². The van der Waals surface area contributed by atoms with Gasteiger partial charge in [0, 0.05) is 12.1 Å². The van der Waals surface area contributed by atoms with E-state index in [4.69, 9.17) is 23.2 Å². The second-order valence-electron chi connectivity index (χ2n) is 4.49. The van der Waals surface area contributed by atoms with Crippen LogP contribution >= 0.6 is 23.2 Å². The molecule has 0 amide bonds. The standard InChI is InChI=1S/C15H15Cl2FN2/c1-3-7-19-15-12(17)8-11(16)14(20-15)10-5-4-6-13(18)9(10)2/h4-6,8H,3,7H2,1-2H3,(H,19,20). The molecule has 5 heteroatoms. The normalized spacial score (nSPS) is 10.7. The van der Waals surface area contributed by atoms with Crippen molar-refractivity contribution in [2.45, 2.75) is 20.3 Å². The van der Waals surface area contributed by atoms with Gasteiger partial charge in [0.05, 0.1) is 15.7 Å². The van der Waals surface area contributed by atoms with Gasteiger partial charge in [-0.15, -0.1) is 0 Å². The zero-order valence-electron chi connectivity index (χ0n) is 11.3. The quantitative estimate of drug-likeness (QED) is 0.826. The van der Waals surface area contributed by atoms with Gasteiger partial charge in [-0.1, -0.05) is 42.3 Å². The number of rotatable bonds is 4. The first-order valence-corrected chi connectivity index (χ1v) is 7.15. The first kappa shape index (κ1) is 15.1. The van der Waals surface area contributed by atoms with Crippen LogP contribution in [-0.2, 0) is 0 Å². The summed E-state index contributed by atoms with van der Waals surface area (Å²) in [6.45, 7) is 4.51. The van der Waals surface area contributed by atoms with E-state index in [9.17, 15) is 4.39 Å². The van der Waals surface area contributed by atoms with Crippen LogP contribution in [-0.4, -0.2) is 11.5 Å². The zero-order chi connectivity index (χ0) is 14.7. The molecule has 0 radical (unpaired) electrons. The number of hydrogen-bond acceptors (Lipinski definition) is 2. The van der Waals surface area contributed by atoms with Gasteiger partial charge in [0.2, 0.25) is 0 Å². The smallest absolute Gasteiger partial charge is 0.145 e. The zero-order valence-corrected chi connectivity index (χ0v) is 12.8. The number of nitrogens with one attached hydrogen (secondary N) is 1. The van der Waals surface area contributed by atoms with E-state index < -0.39 is 0 Å². The molecule has 1 aromatic carbocycles. The summed E-state index contributed by atoms with van der Waals surface area (Å²) in [7, 11) is 0. The molecule has 0 aliphatic heterocycles. The Hall–Kier alpha value is -1.32. The highest BCUT2D eigenvalue weighted by Gasteiger charge is 2.14. The Balaban J connectivity index is 2.53. The van der Waals surface area contributed by atoms with Crippen molar-refractivity contribution in [3.05, 3.63) is 45.7 Å². The monoisotopic (exact) mass is 312 g/mol. The van der Waals surface area contributed by atoms with Crippen LogP contribution in [0, 0.1) is 12.7 Å². The predicted molar refractivity (Wildman–Crippen MR) is 83.2 cm³/mol. The molecule has 20 heavy (non-hydrogen) atoms. The van der Waals surface area contributed by atoms with E-state index in [1.165, 1.54) is 6.07 Å². The van der Waals surface area contributed by atoms with Crippen LogP contribution in [0.2, 0.25) is 10.0 Å². The maximum absolute atomic E-state index is 13.7. The Morgan fingerprint density at radius 1 is 1.25 bits per heavy atom. The molecule has 1 N–H and O–H groups in total. The maximum Gasteiger partial charge on any atom is 0.145 e. The fourth-order valence-electron chi connectivity index (χ4n) is 1.89. The minimum Gasteiger partial charge on any atom is -0.369 e. The van der Waals surface area contributed by atoms with Gasteiger partial charge in [0.25, 0.3) is 0 Å². The van der Waals surface area contributed by atoms with Gasteiger partial charge >= 0.3 is 0 Å². The summed E-state index contributed by atoms with van der Waals surface area (Å²) >= 11 is 12.3. The summed E-state index contributed by atoms with van der Waals surface area (Å²) in [5.74, 6) is 0.287. The lowest BCUT2D eigenvalue weighted by molar-refractivity contribution is 0.619. The average Bonchev–Trinajstić information content (AvgIpc) is 2.41. The van der Waals surface area contributed by atoms with Gasteiger partial charge in [-0.05, 0) is 31.0 Å². The third-order valence-corrected chi connectivity index (χ3v) is 3.57. The van der Waals surface area contributed by atoms with Crippen LogP contribution < -0.4 is 5.32 Å². The van der Waals surface area contributed by atoms with Crippen molar-refractivity contribution in [2.24, 2.45) is 0 Å². The summed E-state index contributed by atoms with van der Waals surface area (Å²) in [5, 5.41) is 4.01. The largest absolute Gasteiger partial charge is 0.369 e. The van der Waals surface area contributed by atoms with Crippen molar-refractivity contribution in [1.29, 1.82) is 0 Å². The number of halogens is 3. The molecule has 0 atom stereocenters. The van der Waals surface area contributed by atoms with Crippen LogP contribution in [0.3, 0.4) is 0 Å². The Morgan fingerprint density at radius 3 is 2.70 bits per heavy atom. The Labute approximate surface area is 127 Å². The molecular weight excluding hydrogens is 298 g/mol. The molecule has 0 unspecified atom stereocenters. The lowest BCUT2D eigenvalue weighted by Crippen LogP contribution is -2.04. The first-order valence-electron chi connectivity index (χ1n) is 6.40. The van der Waals surface area contributed by atoms with E-state index in [2.05, 4.69) is 17.2 Å². The highest BCUT2D eigenvalue weighted by molar-refractivity contribution is 6.37. The third kappa shape index (κ3) is 3.05. The van der Waals surface area contributed by atoms with E-state index in [-0.39, 0.29) is 5.82 Å². The number of nitrogens with zero attached hydrogens (tertiary/aromatic N) is 1. The Morgan fingerprint density at radius 2 is 2.00 bits per heavy atom. The van der Waals surface area contributed by atoms with Crippen LogP contribution in [0.4, 0.5) is 10.2 Å². The van der Waals surface area contributed by atoms with Gasteiger partial charge in [-0.25, -0.2) is 9.37 Å². The highest BCUT2D eigenvalue weighted by atomic mass is 35.5. The molecule has 0 saturated heterocycles. The number of aromatic nitrogens is 1. The lowest BCUT2D eigenvalue weighted by atomic mass is 10.0. The molecule has 0 fully saturated rings. The van der Waals surface area contributed by atoms with Gasteiger partial charge < -0.3 is 5.32 Å². The van der Waals surface area contributed by atoms with Crippen molar-refractivity contribution < 1.29 is 4.39 Å². The van der Waals surface area contributed by atoms with Crippen molar-refractivity contribution in [2.75, 3.05) is 11.9 Å². The van der Waals surface area contributed by atoms with E-state index in [0.29, 0.717) is 32.7 Å². The van der Waals surface area contributed by atoms with Gasteiger partial charge in [-0.3, -0.25) is 0 Å². The fourth-order valence-corrected chi connectivity index (χ4v) is 2.41. The molecule has 2 rings (SSSR count). The van der Waals surface area contributed by atoms with E-state index in [1.807, 2.05) is 0 Å². The minimum atomic E-state index is -0.279. The second kappa shape index (κ2) is 6.42. The predicted octanol–water partition coefficient (Wildman–Crippen LogP) is 5.32. The van der Waals surface area contributed by atoms with Gasteiger partial charge in [-0.2, -0.15) is 0 Å². The Bertz CT molecular complexity index is 630. The van der Waals surface area contributed by atoms with Crippen molar-refractivity contribution >= 4 is 29.0 Å². The van der Waals surface area contributed by atoms with Gasteiger partial charge in [0.1, 0.15) is 11.6 Å².